The predicted molar refractivity (Wildman–Crippen MR) is 94.8 cm³/mol. The second-order valence-electron chi connectivity index (χ2n) is 6.47. The SMILES string of the molecule is CC(Cc1ccc(O)c(O)c1)C(=O)N(Cc1ccccc1)C(C)C. The summed E-state index contributed by atoms with van der Waals surface area (Å²) in [5.74, 6) is -0.427. The molecule has 1 atom stereocenters. The van der Waals surface area contributed by atoms with Gasteiger partial charge in [0.2, 0.25) is 5.91 Å². The van der Waals surface area contributed by atoms with E-state index in [-0.39, 0.29) is 29.4 Å². The number of benzene rings is 2. The zero-order valence-corrected chi connectivity index (χ0v) is 14.4. The van der Waals surface area contributed by atoms with E-state index in [9.17, 15) is 15.0 Å². The van der Waals surface area contributed by atoms with Gasteiger partial charge in [-0.1, -0.05) is 43.3 Å². The van der Waals surface area contributed by atoms with Crippen LogP contribution in [0.5, 0.6) is 11.5 Å². The number of aromatic hydroxyl groups is 2. The number of nitrogens with zero attached hydrogens (tertiary/aromatic N) is 1. The zero-order chi connectivity index (χ0) is 17.7. The van der Waals surface area contributed by atoms with Crippen molar-refractivity contribution in [2.24, 2.45) is 5.92 Å². The van der Waals surface area contributed by atoms with Gasteiger partial charge in [0, 0.05) is 18.5 Å². The highest BCUT2D eigenvalue weighted by Crippen LogP contribution is 2.26. The van der Waals surface area contributed by atoms with Crippen LogP contribution in [0.15, 0.2) is 48.5 Å². The zero-order valence-electron chi connectivity index (χ0n) is 14.4. The Morgan fingerprint density at radius 1 is 0.958 bits per heavy atom. The smallest absolute Gasteiger partial charge is 0.226 e. The van der Waals surface area contributed by atoms with Crippen LogP contribution in [0.25, 0.3) is 0 Å². The summed E-state index contributed by atoms with van der Waals surface area (Å²) in [6.45, 7) is 6.51. The van der Waals surface area contributed by atoms with E-state index in [0.717, 1.165) is 11.1 Å². The van der Waals surface area contributed by atoms with Crippen LogP contribution in [0.4, 0.5) is 0 Å². The second-order valence-corrected chi connectivity index (χ2v) is 6.47. The van der Waals surface area contributed by atoms with Crippen molar-refractivity contribution in [3.8, 4) is 11.5 Å². The van der Waals surface area contributed by atoms with Crippen LogP contribution in [-0.4, -0.2) is 27.1 Å². The lowest BCUT2D eigenvalue weighted by Gasteiger charge is -2.29. The van der Waals surface area contributed by atoms with Gasteiger partial charge in [0.05, 0.1) is 0 Å². The Morgan fingerprint density at radius 3 is 2.21 bits per heavy atom. The molecule has 1 unspecified atom stereocenters. The monoisotopic (exact) mass is 327 g/mol. The van der Waals surface area contributed by atoms with Crippen LogP contribution in [0.3, 0.4) is 0 Å². The largest absolute Gasteiger partial charge is 0.504 e. The number of hydrogen-bond acceptors (Lipinski definition) is 3. The first-order valence-corrected chi connectivity index (χ1v) is 8.23. The standard InChI is InChI=1S/C20H25NO3/c1-14(2)21(13-16-7-5-4-6-8-16)20(24)15(3)11-17-9-10-18(22)19(23)12-17/h4-10,12,14-15,22-23H,11,13H2,1-3H3. The molecule has 2 aromatic rings. The third-order valence-electron chi connectivity index (χ3n) is 4.11. The minimum atomic E-state index is -0.208. The van der Waals surface area contributed by atoms with E-state index < -0.39 is 0 Å². The summed E-state index contributed by atoms with van der Waals surface area (Å²) in [6, 6.07) is 14.7. The van der Waals surface area contributed by atoms with Crippen LogP contribution < -0.4 is 0 Å². The molecule has 0 fully saturated rings. The minimum Gasteiger partial charge on any atom is -0.504 e. The molecule has 128 valence electrons. The van der Waals surface area contributed by atoms with Gasteiger partial charge in [-0.2, -0.15) is 0 Å². The first kappa shape index (κ1) is 17.9. The van der Waals surface area contributed by atoms with Crippen LogP contribution in [0, 0.1) is 5.92 Å². The van der Waals surface area contributed by atoms with E-state index in [0.29, 0.717) is 13.0 Å². The average Bonchev–Trinajstić information content (AvgIpc) is 2.56. The summed E-state index contributed by atoms with van der Waals surface area (Å²) in [5, 5.41) is 19.0. The van der Waals surface area contributed by atoms with Gasteiger partial charge < -0.3 is 15.1 Å². The van der Waals surface area contributed by atoms with Crippen molar-refractivity contribution in [3.05, 3.63) is 59.7 Å². The van der Waals surface area contributed by atoms with Crippen molar-refractivity contribution in [1.82, 2.24) is 4.90 Å². The van der Waals surface area contributed by atoms with E-state index in [4.69, 9.17) is 0 Å². The Bertz CT molecular complexity index is 683. The molecule has 0 aliphatic rings. The summed E-state index contributed by atoms with van der Waals surface area (Å²) in [4.78, 5) is 14.7. The van der Waals surface area contributed by atoms with Gasteiger partial charge in [0.15, 0.2) is 11.5 Å². The molecule has 24 heavy (non-hydrogen) atoms. The fourth-order valence-electron chi connectivity index (χ4n) is 2.72. The van der Waals surface area contributed by atoms with E-state index in [1.165, 1.54) is 12.1 Å². The molecule has 4 heteroatoms. The van der Waals surface area contributed by atoms with E-state index >= 15 is 0 Å². The molecule has 0 heterocycles. The van der Waals surface area contributed by atoms with Crippen LogP contribution in [0.2, 0.25) is 0 Å². The third-order valence-corrected chi connectivity index (χ3v) is 4.11. The molecule has 0 aromatic heterocycles. The summed E-state index contributed by atoms with van der Waals surface area (Å²) < 4.78 is 0. The molecule has 0 bridgehead atoms. The molecule has 0 radical (unpaired) electrons. The normalized spacial score (nSPS) is 12.2. The highest BCUT2D eigenvalue weighted by atomic mass is 16.3. The third kappa shape index (κ3) is 4.51. The van der Waals surface area contributed by atoms with Gasteiger partial charge in [-0.15, -0.1) is 0 Å². The summed E-state index contributed by atoms with van der Waals surface area (Å²) in [5.41, 5.74) is 1.93. The van der Waals surface area contributed by atoms with Crippen molar-refractivity contribution in [3.63, 3.8) is 0 Å². The Labute approximate surface area is 143 Å². The molecule has 0 saturated carbocycles. The molecule has 0 saturated heterocycles. The average molecular weight is 327 g/mol. The number of amides is 1. The van der Waals surface area contributed by atoms with Gasteiger partial charge in [0.1, 0.15) is 0 Å². The Morgan fingerprint density at radius 2 is 1.62 bits per heavy atom. The van der Waals surface area contributed by atoms with Gasteiger partial charge in [0.25, 0.3) is 0 Å². The number of phenolic OH excluding ortho intramolecular Hbond substituents is 2. The molecule has 0 aliphatic heterocycles. The molecule has 2 N–H and O–H groups in total. The maximum Gasteiger partial charge on any atom is 0.226 e. The lowest BCUT2D eigenvalue weighted by atomic mass is 9.98. The number of phenols is 2. The first-order chi connectivity index (χ1) is 11.4. The maximum absolute atomic E-state index is 12.9. The van der Waals surface area contributed by atoms with Gasteiger partial charge in [-0.3, -0.25) is 4.79 Å². The Balaban J connectivity index is 2.09. The first-order valence-electron chi connectivity index (χ1n) is 8.23. The highest BCUT2D eigenvalue weighted by Gasteiger charge is 2.23. The summed E-state index contributed by atoms with van der Waals surface area (Å²) in [7, 11) is 0. The Hall–Kier alpha value is -2.49. The number of rotatable bonds is 6. The topological polar surface area (TPSA) is 60.8 Å². The van der Waals surface area contributed by atoms with Crippen LogP contribution in [-0.2, 0) is 17.8 Å². The van der Waals surface area contributed by atoms with Crippen LogP contribution in [0.1, 0.15) is 31.9 Å². The van der Waals surface area contributed by atoms with Crippen molar-refractivity contribution in [2.75, 3.05) is 0 Å². The molecular formula is C20H25NO3. The Kier molecular flexibility index (Phi) is 5.85. The number of carbonyl (C=O) groups excluding carboxylic acids is 1. The van der Waals surface area contributed by atoms with Gasteiger partial charge in [-0.25, -0.2) is 0 Å². The molecular weight excluding hydrogens is 302 g/mol. The lowest BCUT2D eigenvalue weighted by molar-refractivity contribution is -0.137. The molecule has 0 spiro atoms. The van der Waals surface area contributed by atoms with Crippen LogP contribution >= 0.6 is 0 Å². The van der Waals surface area contributed by atoms with Gasteiger partial charge >= 0.3 is 0 Å². The highest BCUT2D eigenvalue weighted by molar-refractivity contribution is 5.79. The molecule has 2 rings (SSSR count). The van der Waals surface area contributed by atoms with Crippen molar-refractivity contribution in [1.29, 1.82) is 0 Å². The van der Waals surface area contributed by atoms with E-state index in [2.05, 4.69) is 0 Å². The van der Waals surface area contributed by atoms with Gasteiger partial charge in [-0.05, 0) is 43.5 Å². The van der Waals surface area contributed by atoms with E-state index in [1.807, 2.05) is 56.0 Å². The lowest BCUT2D eigenvalue weighted by Crippen LogP contribution is -2.40. The fourth-order valence-corrected chi connectivity index (χ4v) is 2.72. The van der Waals surface area contributed by atoms with Crippen molar-refractivity contribution in [2.45, 2.75) is 39.8 Å². The number of hydrogen-bond donors (Lipinski definition) is 2. The molecule has 0 aliphatic carbocycles. The molecule has 2 aromatic carbocycles. The maximum atomic E-state index is 12.9. The quantitative estimate of drug-likeness (QED) is 0.795. The summed E-state index contributed by atoms with van der Waals surface area (Å²) >= 11 is 0. The minimum absolute atomic E-state index is 0.0846. The van der Waals surface area contributed by atoms with Crippen molar-refractivity contribution >= 4 is 5.91 Å². The fraction of sp³-hybridized carbons (Fsp3) is 0.350. The molecule has 4 nitrogen and oxygen atoms in total. The molecule has 1 amide bonds. The predicted octanol–water partition coefficient (Wildman–Crippen LogP) is 3.71. The summed E-state index contributed by atoms with van der Waals surface area (Å²) in [6.07, 6.45) is 0.519. The van der Waals surface area contributed by atoms with E-state index in [1.54, 1.807) is 6.07 Å². The second kappa shape index (κ2) is 7.86. The van der Waals surface area contributed by atoms with Crippen molar-refractivity contribution < 1.29 is 15.0 Å². The number of carbonyl (C=O) groups is 1.